The van der Waals surface area contributed by atoms with Crippen LogP contribution in [-0.4, -0.2) is 30.5 Å². The largest absolute Gasteiger partial charge is 0.496 e. The molecule has 0 N–H and O–H groups in total. The Morgan fingerprint density at radius 2 is 1.69 bits per heavy atom. The Morgan fingerprint density at radius 1 is 1.03 bits per heavy atom. The summed E-state index contributed by atoms with van der Waals surface area (Å²) in [6, 6.07) is 0. The van der Waals surface area contributed by atoms with Gasteiger partial charge in [0.15, 0.2) is 0 Å². The van der Waals surface area contributed by atoms with Gasteiger partial charge >= 0.3 is 5.63 Å². The molecule has 0 amide bonds. The van der Waals surface area contributed by atoms with Crippen molar-refractivity contribution in [3.8, 4) is 5.75 Å². The van der Waals surface area contributed by atoms with E-state index in [1.54, 1.807) is 14.0 Å². The van der Waals surface area contributed by atoms with Crippen LogP contribution < -0.4 is 10.4 Å². The first kappa shape index (κ1) is 21.6. The molecule has 5 nitrogen and oxygen atoms in total. The van der Waals surface area contributed by atoms with E-state index in [4.69, 9.17) is 18.6 Å². The van der Waals surface area contributed by atoms with Crippen molar-refractivity contribution in [3.63, 3.8) is 0 Å². The van der Waals surface area contributed by atoms with Crippen LogP contribution in [0.15, 0.2) is 38.6 Å². The molecule has 0 aliphatic carbocycles. The quantitative estimate of drug-likeness (QED) is 0.520. The van der Waals surface area contributed by atoms with Gasteiger partial charge in [0.05, 0.1) is 18.8 Å². The van der Waals surface area contributed by atoms with Crippen molar-refractivity contribution < 1.29 is 18.6 Å². The van der Waals surface area contributed by atoms with Crippen LogP contribution in [0.3, 0.4) is 0 Å². The van der Waals surface area contributed by atoms with E-state index < -0.39 is 5.60 Å². The second-order valence-corrected chi connectivity index (χ2v) is 8.73. The normalized spacial score (nSPS) is 32.4. The zero-order valence-electron chi connectivity index (χ0n) is 18.9. The van der Waals surface area contributed by atoms with Gasteiger partial charge < -0.3 is 18.6 Å². The van der Waals surface area contributed by atoms with Crippen molar-refractivity contribution in [2.45, 2.75) is 78.8 Å². The van der Waals surface area contributed by atoms with Crippen LogP contribution in [0, 0.1) is 13.8 Å². The van der Waals surface area contributed by atoms with Gasteiger partial charge in [-0.3, -0.25) is 0 Å². The van der Waals surface area contributed by atoms with E-state index in [0.717, 1.165) is 22.3 Å². The van der Waals surface area contributed by atoms with Crippen LogP contribution in [0.5, 0.6) is 5.75 Å². The predicted octanol–water partition coefficient (Wildman–Crippen LogP) is 4.90. The molecule has 4 atom stereocenters. The maximum Gasteiger partial charge on any atom is 0.342 e. The number of rotatable bonds is 5. The van der Waals surface area contributed by atoms with Gasteiger partial charge in [-0.05, 0) is 67.0 Å². The van der Waals surface area contributed by atoms with Crippen LogP contribution in [0.4, 0.5) is 0 Å². The van der Waals surface area contributed by atoms with E-state index in [9.17, 15) is 4.79 Å². The van der Waals surface area contributed by atoms with Crippen LogP contribution in [0.25, 0.3) is 5.57 Å². The third-order valence-corrected chi connectivity index (χ3v) is 6.09. The first-order valence-electron chi connectivity index (χ1n) is 10.0. The molecule has 1 aromatic rings. The average molecular weight is 401 g/mol. The van der Waals surface area contributed by atoms with Gasteiger partial charge in [-0.25, -0.2) is 4.79 Å². The number of methoxy groups -OCH3 is 1. The SMILES string of the molecule is COc1c(C)c(C(C)=CC(C)=CC(C)=CC2(C)OC(C)C3(C)OC23)oc(=O)c1C. The average Bonchev–Trinajstić information content (AvgIpc) is 3.28. The summed E-state index contributed by atoms with van der Waals surface area (Å²) >= 11 is 0. The van der Waals surface area contributed by atoms with Gasteiger partial charge in [0.25, 0.3) is 0 Å². The fourth-order valence-corrected chi connectivity index (χ4v) is 4.59. The van der Waals surface area contributed by atoms with Crippen molar-refractivity contribution in [1.29, 1.82) is 0 Å². The Morgan fingerprint density at radius 3 is 2.21 bits per heavy atom. The van der Waals surface area contributed by atoms with E-state index in [0.29, 0.717) is 17.1 Å². The van der Waals surface area contributed by atoms with Crippen LogP contribution >= 0.6 is 0 Å². The van der Waals surface area contributed by atoms with Gasteiger partial charge in [0, 0.05) is 5.56 Å². The molecule has 0 bridgehead atoms. The van der Waals surface area contributed by atoms with Crippen molar-refractivity contribution in [2.75, 3.05) is 7.11 Å². The van der Waals surface area contributed by atoms with Gasteiger partial charge in [-0.1, -0.05) is 23.3 Å². The minimum absolute atomic E-state index is 0.0798. The minimum atomic E-state index is -0.415. The highest BCUT2D eigenvalue weighted by Gasteiger charge is 2.70. The monoisotopic (exact) mass is 400 g/mol. The third kappa shape index (κ3) is 3.74. The summed E-state index contributed by atoms with van der Waals surface area (Å²) in [6.45, 7) is 15.9. The third-order valence-electron chi connectivity index (χ3n) is 6.09. The number of fused-ring (bicyclic) bond motifs is 1. The lowest BCUT2D eigenvalue weighted by molar-refractivity contribution is -0.0719. The Balaban J connectivity index is 1.87. The Kier molecular flexibility index (Phi) is 5.43. The summed E-state index contributed by atoms with van der Waals surface area (Å²) in [7, 11) is 1.57. The topological polar surface area (TPSA) is 61.2 Å². The summed E-state index contributed by atoms with van der Waals surface area (Å²) in [6.07, 6.45) is 6.42. The Labute approximate surface area is 173 Å². The molecule has 2 aliphatic rings. The molecule has 0 radical (unpaired) electrons. The fraction of sp³-hybridized carbons (Fsp3) is 0.542. The molecule has 0 aromatic carbocycles. The van der Waals surface area contributed by atoms with E-state index >= 15 is 0 Å². The molecule has 29 heavy (non-hydrogen) atoms. The molecule has 0 saturated carbocycles. The minimum Gasteiger partial charge on any atom is -0.496 e. The molecule has 2 fully saturated rings. The molecule has 4 unspecified atom stereocenters. The molecule has 158 valence electrons. The maximum absolute atomic E-state index is 12.1. The number of hydrogen-bond donors (Lipinski definition) is 0. The summed E-state index contributed by atoms with van der Waals surface area (Å²) in [5, 5.41) is 0. The molecule has 1 aromatic heterocycles. The zero-order valence-corrected chi connectivity index (χ0v) is 18.9. The van der Waals surface area contributed by atoms with Gasteiger partial charge in [-0.15, -0.1) is 0 Å². The number of hydrogen-bond acceptors (Lipinski definition) is 5. The van der Waals surface area contributed by atoms with Gasteiger partial charge in [0.2, 0.25) is 0 Å². The lowest BCUT2D eigenvalue weighted by atomic mass is 9.93. The highest BCUT2D eigenvalue weighted by molar-refractivity contribution is 5.67. The summed E-state index contributed by atoms with van der Waals surface area (Å²) in [5.41, 5.74) is 3.37. The predicted molar refractivity (Wildman–Crippen MR) is 114 cm³/mol. The molecular formula is C24H32O5. The molecule has 3 rings (SSSR count). The van der Waals surface area contributed by atoms with Crippen molar-refractivity contribution in [2.24, 2.45) is 0 Å². The second-order valence-electron chi connectivity index (χ2n) is 8.73. The first-order chi connectivity index (χ1) is 13.4. The summed E-state index contributed by atoms with van der Waals surface area (Å²) < 4.78 is 23.0. The lowest BCUT2D eigenvalue weighted by Gasteiger charge is -2.24. The van der Waals surface area contributed by atoms with Gasteiger partial charge in [-0.2, -0.15) is 0 Å². The Hall–Kier alpha value is -2.11. The van der Waals surface area contributed by atoms with Crippen molar-refractivity contribution in [3.05, 3.63) is 56.7 Å². The van der Waals surface area contributed by atoms with Crippen LogP contribution in [0.2, 0.25) is 0 Å². The molecule has 5 heteroatoms. The number of ether oxygens (including phenoxy) is 3. The first-order valence-corrected chi connectivity index (χ1v) is 10.0. The molecule has 2 saturated heterocycles. The lowest BCUT2D eigenvalue weighted by Crippen LogP contribution is -2.30. The van der Waals surface area contributed by atoms with E-state index in [-0.39, 0.29) is 23.4 Å². The fourth-order valence-electron chi connectivity index (χ4n) is 4.59. The molecule has 2 aliphatic heterocycles. The summed E-state index contributed by atoms with van der Waals surface area (Å²) in [4.78, 5) is 12.1. The van der Waals surface area contributed by atoms with Crippen molar-refractivity contribution >= 4 is 5.57 Å². The van der Waals surface area contributed by atoms with E-state index in [1.165, 1.54) is 0 Å². The molecule has 3 heterocycles. The van der Waals surface area contributed by atoms with Crippen molar-refractivity contribution in [1.82, 2.24) is 0 Å². The van der Waals surface area contributed by atoms with Crippen LogP contribution in [0.1, 0.15) is 58.4 Å². The zero-order chi connectivity index (χ0) is 21.7. The van der Waals surface area contributed by atoms with Crippen LogP contribution in [-0.2, 0) is 9.47 Å². The standard InChI is InChI=1S/C24H32O5/c1-13(10-14(2)12-23(7)22-24(8,29-22)18(6)28-23)11-15(3)19-16(4)20(26-9)17(5)21(25)27-19/h10-12,18,22H,1-9H3. The Bertz CT molecular complexity index is 980. The summed E-state index contributed by atoms with van der Waals surface area (Å²) in [5.74, 6) is 1.13. The van der Waals surface area contributed by atoms with E-state index in [1.807, 2.05) is 26.8 Å². The highest BCUT2D eigenvalue weighted by Crippen LogP contribution is 2.55. The molecule has 0 spiro atoms. The number of allylic oxidation sites excluding steroid dienone is 5. The molecular weight excluding hydrogens is 368 g/mol. The van der Waals surface area contributed by atoms with E-state index in [2.05, 4.69) is 39.8 Å². The maximum atomic E-state index is 12.1. The number of epoxide rings is 1. The highest BCUT2D eigenvalue weighted by atomic mass is 16.7. The van der Waals surface area contributed by atoms with Gasteiger partial charge in [0.1, 0.15) is 28.8 Å². The second kappa shape index (κ2) is 7.29. The smallest absolute Gasteiger partial charge is 0.342 e.